The van der Waals surface area contributed by atoms with Crippen molar-refractivity contribution in [2.75, 3.05) is 6.61 Å². The van der Waals surface area contributed by atoms with Gasteiger partial charge in [-0.1, -0.05) is 13.8 Å². The van der Waals surface area contributed by atoms with Crippen molar-refractivity contribution in [1.82, 2.24) is 5.32 Å². The van der Waals surface area contributed by atoms with Crippen molar-refractivity contribution in [3.8, 4) is 5.75 Å². The highest BCUT2D eigenvalue weighted by molar-refractivity contribution is 5.76. The van der Waals surface area contributed by atoms with Gasteiger partial charge >= 0.3 is 0 Å². The number of carbonyl (C=O) groups is 1. The molecule has 2 rings (SSSR count). The summed E-state index contributed by atoms with van der Waals surface area (Å²) in [5.41, 5.74) is 2.89. The molecule has 110 valence electrons. The van der Waals surface area contributed by atoms with Crippen molar-refractivity contribution in [3.63, 3.8) is 0 Å². The van der Waals surface area contributed by atoms with Crippen molar-refractivity contribution in [2.24, 2.45) is 0 Å². The van der Waals surface area contributed by atoms with Gasteiger partial charge in [0.05, 0.1) is 18.8 Å². The second kappa shape index (κ2) is 6.27. The first-order chi connectivity index (χ1) is 9.56. The van der Waals surface area contributed by atoms with Gasteiger partial charge in [0, 0.05) is 18.4 Å². The molecule has 0 spiro atoms. The van der Waals surface area contributed by atoms with Crippen LogP contribution in [-0.2, 0) is 4.79 Å². The lowest BCUT2D eigenvalue weighted by Crippen LogP contribution is -2.32. The second-order valence-electron chi connectivity index (χ2n) is 5.29. The molecule has 0 saturated heterocycles. The van der Waals surface area contributed by atoms with E-state index in [1.54, 1.807) is 0 Å². The van der Waals surface area contributed by atoms with Crippen LogP contribution >= 0.6 is 0 Å². The third kappa shape index (κ3) is 2.96. The Balaban J connectivity index is 2.37. The number of aryl methyl sites for hydroxylation is 1. The number of carbonyl (C=O) groups excluding carboxylic acids is 1. The molecule has 2 atom stereocenters. The molecular formula is C16H23NO3. The Morgan fingerprint density at radius 1 is 1.50 bits per heavy atom. The highest BCUT2D eigenvalue weighted by atomic mass is 16.5. The predicted octanol–water partition coefficient (Wildman–Crippen LogP) is 2.79. The van der Waals surface area contributed by atoms with E-state index in [1.165, 1.54) is 0 Å². The molecule has 0 radical (unpaired) electrons. The van der Waals surface area contributed by atoms with Gasteiger partial charge in [0.15, 0.2) is 0 Å². The van der Waals surface area contributed by atoms with E-state index in [-0.39, 0.29) is 11.9 Å². The zero-order valence-electron chi connectivity index (χ0n) is 12.4. The number of aliphatic hydroxyl groups is 1. The van der Waals surface area contributed by atoms with Crippen LogP contribution in [-0.4, -0.2) is 17.6 Å². The van der Waals surface area contributed by atoms with Crippen LogP contribution in [0.3, 0.4) is 0 Å². The molecule has 2 unspecified atom stereocenters. The van der Waals surface area contributed by atoms with Crippen LogP contribution in [0.2, 0.25) is 0 Å². The average molecular weight is 277 g/mol. The highest BCUT2D eigenvalue weighted by Gasteiger charge is 2.25. The Morgan fingerprint density at radius 3 is 2.90 bits per heavy atom. The maximum atomic E-state index is 11.6. The van der Waals surface area contributed by atoms with Crippen LogP contribution in [0.25, 0.3) is 0 Å². The summed E-state index contributed by atoms with van der Waals surface area (Å²) >= 11 is 0. The van der Waals surface area contributed by atoms with Gasteiger partial charge in [-0.3, -0.25) is 4.79 Å². The average Bonchev–Trinajstić information content (AvgIpc) is 2.46. The Kier molecular flexibility index (Phi) is 4.65. The van der Waals surface area contributed by atoms with E-state index in [1.807, 2.05) is 32.9 Å². The minimum atomic E-state index is -0.469. The fourth-order valence-corrected chi connectivity index (χ4v) is 2.59. The molecule has 4 nitrogen and oxygen atoms in total. The summed E-state index contributed by atoms with van der Waals surface area (Å²) in [4.78, 5) is 11.6. The molecule has 1 amide bonds. The topological polar surface area (TPSA) is 58.6 Å². The van der Waals surface area contributed by atoms with E-state index < -0.39 is 6.10 Å². The van der Waals surface area contributed by atoms with E-state index in [2.05, 4.69) is 5.32 Å². The van der Waals surface area contributed by atoms with Gasteiger partial charge in [-0.25, -0.2) is 0 Å². The van der Waals surface area contributed by atoms with Gasteiger partial charge in [-0.05, 0) is 36.6 Å². The number of ether oxygens (including phenoxy) is 1. The molecule has 1 aromatic carbocycles. The molecule has 0 bridgehead atoms. The molecule has 2 N–H and O–H groups in total. The maximum absolute atomic E-state index is 11.6. The number of hydrogen-bond donors (Lipinski definition) is 2. The summed E-state index contributed by atoms with van der Waals surface area (Å²) < 4.78 is 5.74. The molecule has 1 heterocycles. The van der Waals surface area contributed by atoms with Crippen LogP contribution in [0.4, 0.5) is 0 Å². The van der Waals surface area contributed by atoms with E-state index >= 15 is 0 Å². The number of nitrogens with one attached hydrogen (secondary N) is 1. The lowest BCUT2D eigenvalue weighted by Gasteiger charge is -2.29. The highest BCUT2D eigenvalue weighted by Crippen LogP contribution is 2.37. The standard InChI is InChI=1S/C16H23NO3/c1-4-14(18)11-8-10(3)16-12(9-11)13(6-7-20-16)17-15(19)5-2/h8-9,13-14,18H,4-7H2,1-3H3,(H,17,19). The number of benzene rings is 1. The molecule has 20 heavy (non-hydrogen) atoms. The van der Waals surface area contributed by atoms with Gasteiger partial charge in [-0.2, -0.15) is 0 Å². The van der Waals surface area contributed by atoms with Gasteiger partial charge in [0.2, 0.25) is 5.91 Å². The minimum Gasteiger partial charge on any atom is -0.493 e. The lowest BCUT2D eigenvalue weighted by molar-refractivity contribution is -0.121. The number of amides is 1. The SMILES string of the molecule is CCC(=O)NC1CCOc2c(C)cc(C(O)CC)cc21. The molecule has 0 aromatic heterocycles. The normalized spacial score (nSPS) is 18.9. The zero-order chi connectivity index (χ0) is 14.7. The van der Waals surface area contributed by atoms with E-state index in [0.29, 0.717) is 19.4 Å². The van der Waals surface area contributed by atoms with Crippen LogP contribution in [0, 0.1) is 6.92 Å². The Bertz CT molecular complexity index is 499. The molecule has 1 aliphatic heterocycles. The van der Waals surface area contributed by atoms with Crippen molar-refractivity contribution < 1.29 is 14.6 Å². The molecule has 0 saturated carbocycles. The fourth-order valence-electron chi connectivity index (χ4n) is 2.59. The van der Waals surface area contributed by atoms with Crippen molar-refractivity contribution in [3.05, 3.63) is 28.8 Å². The Hall–Kier alpha value is -1.55. The molecule has 1 aromatic rings. The summed E-state index contributed by atoms with van der Waals surface area (Å²) in [6.45, 7) is 6.39. The summed E-state index contributed by atoms with van der Waals surface area (Å²) in [6, 6.07) is 3.92. The monoisotopic (exact) mass is 277 g/mol. The summed E-state index contributed by atoms with van der Waals surface area (Å²) in [5.74, 6) is 0.895. The van der Waals surface area contributed by atoms with Crippen molar-refractivity contribution in [2.45, 2.75) is 52.2 Å². The molecule has 0 aliphatic carbocycles. The van der Waals surface area contributed by atoms with Crippen molar-refractivity contribution in [1.29, 1.82) is 0 Å². The van der Waals surface area contributed by atoms with Gasteiger partial charge in [0.25, 0.3) is 0 Å². The third-order valence-electron chi connectivity index (χ3n) is 3.78. The Morgan fingerprint density at radius 2 is 2.25 bits per heavy atom. The van der Waals surface area contributed by atoms with Gasteiger partial charge in [0.1, 0.15) is 5.75 Å². The zero-order valence-corrected chi connectivity index (χ0v) is 12.4. The minimum absolute atomic E-state index is 0.0195. The summed E-state index contributed by atoms with van der Waals surface area (Å²) in [7, 11) is 0. The van der Waals surface area contributed by atoms with Gasteiger partial charge < -0.3 is 15.2 Å². The first-order valence-corrected chi connectivity index (χ1v) is 7.31. The summed E-state index contributed by atoms with van der Waals surface area (Å²) in [5, 5.41) is 13.1. The number of rotatable bonds is 4. The quantitative estimate of drug-likeness (QED) is 0.889. The van der Waals surface area contributed by atoms with Crippen LogP contribution in [0.1, 0.15) is 61.9 Å². The smallest absolute Gasteiger partial charge is 0.220 e. The lowest BCUT2D eigenvalue weighted by atomic mass is 9.93. The van der Waals surface area contributed by atoms with E-state index in [0.717, 1.165) is 28.9 Å². The maximum Gasteiger partial charge on any atom is 0.220 e. The van der Waals surface area contributed by atoms with Gasteiger partial charge in [-0.15, -0.1) is 0 Å². The fraction of sp³-hybridized carbons (Fsp3) is 0.562. The number of fused-ring (bicyclic) bond motifs is 1. The predicted molar refractivity (Wildman–Crippen MR) is 77.7 cm³/mol. The number of hydrogen-bond acceptors (Lipinski definition) is 3. The Labute approximate surface area is 120 Å². The third-order valence-corrected chi connectivity index (χ3v) is 3.78. The van der Waals surface area contributed by atoms with Crippen LogP contribution in [0.5, 0.6) is 5.75 Å². The van der Waals surface area contributed by atoms with Crippen LogP contribution < -0.4 is 10.1 Å². The number of aliphatic hydroxyl groups excluding tert-OH is 1. The van der Waals surface area contributed by atoms with Crippen LogP contribution in [0.15, 0.2) is 12.1 Å². The first-order valence-electron chi connectivity index (χ1n) is 7.31. The molecule has 0 fully saturated rings. The molecule has 4 heteroatoms. The largest absolute Gasteiger partial charge is 0.493 e. The molecule has 1 aliphatic rings. The van der Waals surface area contributed by atoms with E-state index in [9.17, 15) is 9.90 Å². The first kappa shape index (κ1) is 14.9. The van der Waals surface area contributed by atoms with Crippen molar-refractivity contribution >= 4 is 5.91 Å². The summed E-state index contributed by atoms with van der Waals surface area (Å²) in [6.07, 6.45) is 1.45. The second-order valence-corrected chi connectivity index (χ2v) is 5.29. The van der Waals surface area contributed by atoms with E-state index in [4.69, 9.17) is 4.74 Å². The molecular weight excluding hydrogens is 254 g/mol.